The van der Waals surface area contributed by atoms with Crippen molar-refractivity contribution in [1.29, 1.82) is 0 Å². The van der Waals surface area contributed by atoms with Gasteiger partial charge < -0.3 is 10.4 Å². The third-order valence-corrected chi connectivity index (χ3v) is 4.45. The Balaban J connectivity index is 3.20. The second-order valence-electron chi connectivity index (χ2n) is 4.47. The van der Waals surface area contributed by atoms with Crippen LogP contribution in [0.25, 0.3) is 0 Å². The molecule has 0 aliphatic heterocycles. The minimum atomic E-state index is -3.70. The largest absolute Gasteiger partial charge is 0.478 e. The molecule has 1 aromatic carbocycles. The lowest BCUT2D eigenvalue weighted by Gasteiger charge is -2.14. The first-order valence-corrected chi connectivity index (χ1v) is 7.93. The monoisotopic (exact) mass is 300 g/mol. The molecule has 6 nitrogen and oxygen atoms in total. The van der Waals surface area contributed by atoms with E-state index in [1.165, 1.54) is 18.2 Å². The van der Waals surface area contributed by atoms with Gasteiger partial charge in [-0.25, -0.2) is 17.9 Å². The lowest BCUT2D eigenvalue weighted by atomic mass is 10.2. The highest BCUT2D eigenvalue weighted by atomic mass is 32.2. The van der Waals surface area contributed by atoms with E-state index in [2.05, 4.69) is 10.0 Å². The maximum absolute atomic E-state index is 12.1. The molecule has 0 fully saturated rings. The highest BCUT2D eigenvalue weighted by Crippen LogP contribution is 2.21. The highest BCUT2D eigenvalue weighted by molar-refractivity contribution is 7.89. The van der Waals surface area contributed by atoms with Crippen LogP contribution in [0.4, 0.5) is 5.69 Å². The summed E-state index contributed by atoms with van der Waals surface area (Å²) in [6.07, 6.45) is 0.653. The number of nitrogens with one attached hydrogen (secondary N) is 2. The molecule has 112 valence electrons. The van der Waals surface area contributed by atoms with Crippen LogP contribution in [0.5, 0.6) is 0 Å². The zero-order chi connectivity index (χ0) is 15.3. The SMILES string of the molecule is CCNc1ccc(S(=O)(=O)N[C@H](C)CC)cc1C(=O)O. The standard InChI is InChI=1S/C13H20N2O4S/c1-4-9(3)15-20(18,19)10-6-7-12(14-5-2)11(8-10)13(16)17/h6-9,14-15H,4-5H2,1-3H3,(H,16,17)/t9-/m1/s1. The molecule has 0 amide bonds. The van der Waals surface area contributed by atoms with Gasteiger partial charge in [0.15, 0.2) is 0 Å². The second-order valence-corrected chi connectivity index (χ2v) is 6.19. The van der Waals surface area contributed by atoms with E-state index in [9.17, 15) is 13.2 Å². The summed E-state index contributed by atoms with van der Waals surface area (Å²) in [5.74, 6) is -1.17. The molecule has 0 aliphatic carbocycles. The zero-order valence-electron chi connectivity index (χ0n) is 11.8. The molecule has 1 atom stereocenters. The van der Waals surface area contributed by atoms with Crippen molar-refractivity contribution in [3.63, 3.8) is 0 Å². The van der Waals surface area contributed by atoms with Crippen molar-refractivity contribution in [1.82, 2.24) is 4.72 Å². The van der Waals surface area contributed by atoms with E-state index in [1.54, 1.807) is 6.92 Å². The van der Waals surface area contributed by atoms with E-state index >= 15 is 0 Å². The van der Waals surface area contributed by atoms with Crippen LogP contribution >= 0.6 is 0 Å². The smallest absolute Gasteiger partial charge is 0.337 e. The number of carboxylic acids is 1. The quantitative estimate of drug-likeness (QED) is 0.714. The van der Waals surface area contributed by atoms with Crippen molar-refractivity contribution in [2.45, 2.75) is 38.1 Å². The molecule has 0 heterocycles. The lowest BCUT2D eigenvalue weighted by molar-refractivity contribution is 0.0697. The molecule has 7 heteroatoms. The van der Waals surface area contributed by atoms with Crippen LogP contribution in [0.15, 0.2) is 23.1 Å². The summed E-state index contributed by atoms with van der Waals surface area (Å²) in [6.45, 7) is 6.01. The molecule has 1 rings (SSSR count). The topological polar surface area (TPSA) is 95.5 Å². The zero-order valence-corrected chi connectivity index (χ0v) is 12.6. The van der Waals surface area contributed by atoms with Gasteiger partial charge in [0, 0.05) is 18.3 Å². The van der Waals surface area contributed by atoms with E-state index < -0.39 is 16.0 Å². The van der Waals surface area contributed by atoms with E-state index in [4.69, 9.17) is 5.11 Å². The van der Waals surface area contributed by atoms with Crippen LogP contribution in [0.2, 0.25) is 0 Å². The molecule has 3 N–H and O–H groups in total. The normalized spacial score (nSPS) is 12.9. The number of hydrogen-bond acceptors (Lipinski definition) is 4. The van der Waals surface area contributed by atoms with Crippen molar-refractivity contribution in [2.24, 2.45) is 0 Å². The average molecular weight is 300 g/mol. The molecule has 0 aliphatic rings. The Bertz CT molecular complexity index is 584. The summed E-state index contributed by atoms with van der Waals surface area (Å²) in [6, 6.07) is 3.83. The maximum atomic E-state index is 12.1. The van der Waals surface area contributed by atoms with Crippen molar-refractivity contribution in [3.8, 4) is 0 Å². The molecule has 0 radical (unpaired) electrons. The van der Waals surface area contributed by atoms with Crippen LogP contribution in [-0.2, 0) is 10.0 Å². The summed E-state index contributed by atoms with van der Waals surface area (Å²) in [5.41, 5.74) is 0.348. The summed E-state index contributed by atoms with van der Waals surface area (Å²) < 4.78 is 26.7. The van der Waals surface area contributed by atoms with Crippen LogP contribution in [0, 0.1) is 0 Å². The fourth-order valence-corrected chi connectivity index (χ4v) is 2.98. The average Bonchev–Trinajstić information content (AvgIpc) is 2.38. The number of anilines is 1. The lowest BCUT2D eigenvalue weighted by Crippen LogP contribution is -2.32. The molecule has 0 unspecified atom stereocenters. The second kappa shape index (κ2) is 6.71. The molecule has 0 aromatic heterocycles. The van der Waals surface area contributed by atoms with Gasteiger partial charge in [-0.15, -0.1) is 0 Å². The summed E-state index contributed by atoms with van der Waals surface area (Å²) in [7, 11) is -3.70. The highest BCUT2D eigenvalue weighted by Gasteiger charge is 2.20. The van der Waals surface area contributed by atoms with Gasteiger partial charge in [-0.3, -0.25) is 0 Å². The number of rotatable bonds is 7. The summed E-state index contributed by atoms with van der Waals surface area (Å²) in [5, 5.41) is 12.0. The van der Waals surface area contributed by atoms with Gasteiger partial charge in [-0.1, -0.05) is 6.92 Å². The van der Waals surface area contributed by atoms with Crippen LogP contribution in [0.3, 0.4) is 0 Å². The molecule has 1 aromatic rings. The molecule has 20 heavy (non-hydrogen) atoms. The summed E-state index contributed by atoms with van der Waals surface area (Å²) >= 11 is 0. The Kier molecular flexibility index (Phi) is 5.52. The minimum Gasteiger partial charge on any atom is -0.478 e. The van der Waals surface area contributed by atoms with E-state index in [1.807, 2.05) is 13.8 Å². The Morgan fingerprint density at radius 1 is 1.35 bits per heavy atom. The van der Waals surface area contributed by atoms with Crippen molar-refractivity contribution in [3.05, 3.63) is 23.8 Å². The number of carboxylic acid groups (broad SMARTS) is 1. The summed E-state index contributed by atoms with van der Waals surface area (Å²) in [4.78, 5) is 11.2. The number of hydrogen-bond donors (Lipinski definition) is 3. The fourth-order valence-electron chi connectivity index (χ4n) is 1.63. The molecular weight excluding hydrogens is 280 g/mol. The minimum absolute atomic E-state index is 0.0446. The first-order valence-electron chi connectivity index (χ1n) is 6.45. The van der Waals surface area contributed by atoms with E-state index in [0.29, 0.717) is 18.7 Å². The van der Waals surface area contributed by atoms with E-state index in [0.717, 1.165) is 0 Å². The van der Waals surface area contributed by atoms with Gasteiger partial charge in [0.25, 0.3) is 0 Å². The van der Waals surface area contributed by atoms with Gasteiger partial charge in [0.05, 0.1) is 10.5 Å². The Morgan fingerprint density at radius 2 is 2.00 bits per heavy atom. The molecule has 0 bridgehead atoms. The van der Waals surface area contributed by atoms with Gasteiger partial charge in [-0.2, -0.15) is 0 Å². The van der Waals surface area contributed by atoms with Crippen molar-refractivity contribution in [2.75, 3.05) is 11.9 Å². The van der Waals surface area contributed by atoms with Gasteiger partial charge in [0.1, 0.15) is 0 Å². The number of aromatic carboxylic acids is 1. The first kappa shape index (κ1) is 16.5. The number of sulfonamides is 1. The molecule has 0 spiro atoms. The third kappa shape index (κ3) is 3.94. The Labute approximate surface area is 119 Å². The maximum Gasteiger partial charge on any atom is 0.337 e. The van der Waals surface area contributed by atoms with Crippen molar-refractivity contribution < 1.29 is 18.3 Å². The van der Waals surface area contributed by atoms with Crippen LogP contribution < -0.4 is 10.0 Å². The number of benzene rings is 1. The van der Waals surface area contributed by atoms with Gasteiger partial charge in [0.2, 0.25) is 10.0 Å². The molecular formula is C13H20N2O4S. The third-order valence-electron chi connectivity index (χ3n) is 2.87. The number of carbonyl (C=O) groups is 1. The predicted octanol–water partition coefficient (Wildman–Crippen LogP) is 1.89. The molecule has 0 saturated carbocycles. The van der Waals surface area contributed by atoms with Gasteiger partial charge in [-0.05, 0) is 38.5 Å². The van der Waals surface area contributed by atoms with Crippen molar-refractivity contribution >= 4 is 21.7 Å². The predicted molar refractivity (Wildman–Crippen MR) is 77.6 cm³/mol. The van der Waals surface area contributed by atoms with Crippen LogP contribution in [-0.4, -0.2) is 32.1 Å². The molecule has 0 saturated heterocycles. The van der Waals surface area contributed by atoms with Crippen LogP contribution in [0.1, 0.15) is 37.6 Å². The fraction of sp³-hybridized carbons (Fsp3) is 0.462. The Morgan fingerprint density at radius 3 is 2.50 bits per heavy atom. The Hall–Kier alpha value is -1.60. The first-order chi connectivity index (χ1) is 9.31. The van der Waals surface area contributed by atoms with Gasteiger partial charge >= 0.3 is 5.97 Å². The van der Waals surface area contributed by atoms with E-state index in [-0.39, 0.29) is 16.5 Å².